The summed E-state index contributed by atoms with van der Waals surface area (Å²) in [4.78, 5) is 18.0. The van der Waals surface area contributed by atoms with Gasteiger partial charge in [-0.1, -0.05) is 17.7 Å². The molecule has 0 aliphatic carbocycles. The van der Waals surface area contributed by atoms with Crippen molar-refractivity contribution in [2.75, 3.05) is 38.2 Å². The fraction of sp³-hybridized carbons (Fsp3) is 0.333. The minimum absolute atomic E-state index is 0.000319. The number of aromatic nitrogens is 1. The van der Waals surface area contributed by atoms with Gasteiger partial charge >= 0.3 is 5.97 Å². The number of hydrogen-bond acceptors (Lipinski definition) is 7. The van der Waals surface area contributed by atoms with E-state index in [1.807, 2.05) is 23.1 Å². The van der Waals surface area contributed by atoms with E-state index in [9.17, 15) is 13.2 Å². The van der Waals surface area contributed by atoms with Crippen LogP contribution in [0.3, 0.4) is 0 Å². The third-order valence-corrected chi connectivity index (χ3v) is 7.16. The highest BCUT2D eigenvalue weighted by atomic mass is 35.5. The lowest BCUT2D eigenvalue weighted by atomic mass is 10.3. The molecule has 2 aromatic rings. The van der Waals surface area contributed by atoms with Gasteiger partial charge in [-0.25, -0.2) is 18.2 Å². The van der Waals surface area contributed by atoms with Crippen LogP contribution in [0.5, 0.6) is 0 Å². The zero-order valence-corrected chi connectivity index (χ0v) is 15.8. The summed E-state index contributed by atoms with van der Waals surface area (Å²) in [5.41, 5.74) is 0. The van der Waals surface area contributed by atoms with Crippen LogP contribution >= 0.6 is 22.9 Å². The van der Waals surface area contributed by atoms with E-state index in [1.165, 1.54) is 17.5 Å². The first-order valence-corrected chi connectivity index (χ1v) is 10.1. The summed E-state index contributed by atoms with van der Waals surface area (Å²) in [5, 5.41) is 0. The molecule has 25 heavy (non-hydrogen) atoms. The molecule has 1 saturated heterocycles. The third-order valence-electron chi connectivity index (χ3n) is 3.87. The maximum absolute atomic E-state index is 12.9. The summed E-state index contributed by atoms with van der Waals surface area (Å²) < 4.78 is 32.1. The number of anilines is 1. The normalized spacial score (nSPS) is 16.0. The number of carbonyl (C=O) groups excluding carboxylic acids is 1. The molecule has 2 aromatic heterocycles. The van der Waals surface area contributed by atoms with Gasteiger partial charge in [0.2, 0.25) is 10.0 Å². The summed E-state index contributed by atoms with van der Waals surface area (Å²) >= 11 is 6.83. The highest BCUT2D eigenvalue weighted by Gasteiger charge is 2.34. The van der Waals surface area contributed by atoms with E-state index in [2.05, 4.69) is 9.72 Å². The molecular weight excluding hydrogens is 386 g/mol. The largest absolute Gasteiger partial charge is 0.465 e. The molecule has 1 fully saturated rings. The van der Waals surface area contributed by atoms with Crippen LogP contribution < -0.4 is 4.90 Å². The van der Waals surface area contributed by atoms with Gasteiger partial charge in [-0.15, -0.1) is 11.3 Å². The van der Waals surface area contributed by atoms with Crippen LogP contribution in [0.1, 0.15) is 9.67 Å². The summed E-state index contributed by atoms with van der Waals surface area (Å²) in [6.45, 7) is 1.63. The molecule has 0 bridgehead atoms. The first-order chi connectivity index (χ1) is 11.9. The zero-order valence-electron chi connectivity index (χ0n) is 13.4. The molecule has 0 spiro atoms. The first-order valence-electron chi connectivity index (χ1n) is 7.47. The molecule has 7 nitrogen and oxygen atoms in total. The number of rotatable bonds is 4. The van der Waals surface area contributed by atoms with Gasteiger partial charge in [0, 0.05) is 32.4 Å². The average molecular weight is 402 g/mol. The van der Waals surface area contributed by atoms with E-state index < -0.39 is 16.0 Å². The molecule has 0 N–H and O–H groups in total. The maximum atomic E-state index is 12.9. The minimum atomic E-state index is -3.82. The number of carbonyl (C=O) groups is 1. The smallest absolute Gasteiger partial charge is 0.349 e. The van der Waals surface area contributed by atoms with Crippen LogP contribution in [0.4, 0.5) is 5.82 Å². The number of methoxy groups -OCH3 is 1. The predicted molar refractivity (Wildman–Crippen MR) is 95.9 cm³/mol. The Morgan fingerprint density at radius 3 is 2.60 bits per heavy atom. The third kappa shape index (κ3) is 3.64. The predicted octanol–water partition coefficient (Wildman–Crippen LogP) is 2.09. The van der Waals surface area contributed by atoms with E-state index in [4.69, 9.17) is 11.6 Å². The van der Waals surface area contributed by atoms with Crippen LogP contribution in [-0.4, -0.2) is 57.0 Å². The van der Waals surface area contributed by atoms with E-state index >= 15 is 0 Å². The molecule has 134 valence electrons. The monoisotopic (exact) mass is 401 g/mol. The standard InChI is InChI=1S/C15H16ClN3O4S2/c1-23-15(20)14-11(10-12(16)24-14)25(21,22)19-8-6-18(7-9-19)13-4-2-3-5-17-13/h2-5,10H,6-9H2,1H3. The van der Waals surface area contributed by atoms with Crippen molar-refractivity contribution in [1.29, 1.82) is 0 Å². The molecule has 10 heteroatoms. The number of nitrogens with zero attached hydrogens (tertiary/aromatic N) is 3. The van der Waals surface area contributed by atoms with Gasteiger partial charge in [0.05, 0.1) is 11.4 Å². The Morgan fingerprint density at radius 1 is 1.28 bits per heavy atom. The van der Waals surface area contributed by atoms with Crippen molar-refractivity contribution in [2.24, 2.45) is 0 Å². The number of piperazine rings is 1. The number of thiophene rings is 1. The highest BCUT2D eigenvalue weighted by Crippen LogP contribution is 2.33. The van der Waals surface area contributed by atoms with Gasteiger partial charge in [-0.05, 0) is 18.2 Å². The van der Waals surface area contributed by atoms with Crippen molar-refractivity contribution in [2.45, 2.75) is 4.90 Å². The van der Waals surface area contributed by atoms with Crippen molar-refractivity contribution in [3.8, 4) is 0 Å². The van der Waals surface area contributed by atoms with E-state index in [0.717, 1.165) is 17.2 Å². The van der Waals surface area contributed by atoms with Crippen molar-refractivity contribution >= 4 is 44.7 Å². The molecule has 1 aliphatic rings. The van der Waals surface area contributed by atoms with E-state index in [1.54, 1.807) is 6.20 Å². The molecule has 0 radical (unpaired) electrons. The Hall–Kier alpha value is -1.68. The van der Waals surface area contributed by atoms with E-state index in [-0.39, 0.29) is 14.1 Å². The molecule has 0 saturated carbocycles. The van der Waals surface area contributed by atoms with Crippen molar-refractivity contribution in [3.63, 3.8) is 0 Å². The van der Waals surface area contributed by atoms with E-state index in [0.29, 0.717) is 26.2 Å². The summed E-state index contributed by atoms with van der Waals surface area (Å²) in [7, 11) is -2.61. The second-order valence-corrected chi connectivity index (χ2v) is 8.90. The second kappa shape index (κ2) is 7.28. The van der Waals surface area contributed by atoms with Crippen LogP contribution in [0, 0.1) is 0 Å². The number of pyridine rings is 1. The highest BCUT2D eigenvalue weighted by molar-refractivity contribution is 7.89. The Labute approximate surface area is 154 Å². The first kappa shape index (κ1) is 18.1. The molecule has 0 amide bonds. The van der Waals surface area contributed by atoms with Gasteiger partial charge in [-0.3, -0.25) is 0 Å². The summed E-state index contributed by atoms with van der Waals surface area (Å²) in [6, 6.07) is 6.91. The minimum Gasteiger partial charge on any atom is -0.465 e. The van der Waals surface area contributed by atoms with Crippen molar-refractivity contribution in [3.05, 3.63) is 39.7 Å². The molecular formula is C15H16ClN3O4S2. The van der Waals surface area contributed by atoms with Crippen LogP contribution in [0.2, 0.25) is 4.34 Å². The Bertz CT molecular complexity index is 862. The lowest BCUT2D eigenvalue weighted by molar-refractivity contribution is 0.0602. The quantitative estimate of drug-likeness (QED) is 0.730. The van der Waals surface area contributed by atoms with Gasteiger partial charge in [0.1, 0.15) is 15.6 Å². The van der Waals surface area contributed by atoms with Crippen LogP contribution in [0.25, 0.3) is 0 Å². The molecule has 3 rings (SSSR count). The number of halogens is 1. The number of esters is 1. The molecule has 0 atom stereocenters. The molecule has 3 heterocycles. The zero-order chi connectivity index (χ0) is 18.0. The molecule has 0 aromatic carbocycles. The van der Waals surface area contributed by atoms with Crippen LogP contribution in [0.15, 0.2) is 35.4 Å². The van der Waals surface area contributed by atoms with Gasteiger partial charge in [0.25, 0.3) is 0 Å². The van der Waals surface area contributed by atoms with Crippen LogP contribution in [-0.2, 0) is 14.8 Å². The number of ether oxygens (including phenoxy) is 1. The summed E-state index contributed by atoms with van der Waals surface area (Å²) in [5.74, 6) is 0.107. The SMILES string of the molecule is COC(=O)c1sc(Cl)cc1S(=O)(=O)N1CCN(c2ccccn2)CC1. The fourth-order valence-electron chi connectivity index (χ4n) is 2.61. The molecule has 1 aliphatic heterocycles. The average Bonchev–Trinajstić information content (AvgIpc) is 3.04. The Balaban J connectivity index is 1.80. The maximum Gasteiger partial charge on any atom is 0.349 e. The van der Waals surface area contributed by atoms with Gasteiger partial charge in [0.15, 0.2) is 0 Å². The van der Waals surface area contributed by atoms with Crippen molar-refractivity contribution < 1.29 is 17.9 Å². The molecule has 0 unspecified atom stereocenters. The Kier molecular flexibility index (Phi) is 5.28. The lowest BCUT2D eigenvalue weighted by Crippen LogP contribution is -2.49. The summed E-state index contributed by atoms with van der Waals surface area (Å²) in [6.07, 6.45) is 1.70. The number of hydrogen-bond donors (Lipinski definition) is 0. The fourth-order valence-corrected chi connectivity index (χ4v) is 5.74. The van der Waals surface area contributed by atoms with Gasteiger partial charge in [-0.2, -0.15) is 4.31 Å². The lowest BCUT2D eigenvalue weighted by Gasteiger charge is -2.34. The van der Waals surface area contributed by atoms with Gasteiger partial charge < -0.3 is 9.64 Å². The number of sulfonamides is 1. The Morgan fingerprint density at radius 2 is 2.00 bits per heavy atom. The second-order valence-electron chi connectivity index (χ2n) is 5.31. The van der Waals surface area contributed by atoms with Crippen molar-refractivity contribution in [1.82, 2.24) is 9.29 Å². The topological polar surface area (TPSA) is 79.8 Å².